The number of rotatable bonds is 4. The van der Waals surface area contributed by atoms with Gasteiger partial charge in [-0.15, -0.1) is 0 Å². The molecule has 0 aliphatic heterocycles. The zero-order chi connectivity index (χ0) is 14.7. The average molecular weight is 298 g/mol. The van der Waals surface area contributed by atoms with E-state index in [-0.39, 0.29) is 17.1 Å². The molecule has 20 heavy (non-hydrogen) atoms. The number of aryl methyl sites for hydroxylation is 1. The van der Waals surface area contributed by atoms with Gasteiger partial charge >= 0.3 is 0 Å². The van der Waals surface area contributed by atoms with E-state index in [1.807, 2.05) is 0 Å². The van der Waals surface area contributed by atoms with Gasteiger partial charge in [0.1, 0.15) is 23.4 Å². The molecule has 0 spiro atoms. The van der Waals surface area contributed by atoms with Gasteiger partial charge in [-0.3, -0.25) is 4.79 Å². The van der Waals surface area contributed by atoms with E-state index < -0.39 is 17.8 Å². The molecule has 1 aromatic heterocycles. The molecular formula is C14H13ClFNO3. The number of benzene rings is 1. The molecule has 0 fully saturated rings. The van der Waals surface area contributed by atoms with Gasteiger partial charge in [0.05, 0.1) is 17.1 Å². The van der Waals surface area contributed by atoms with Crippen molar-refractivity contribution in [3.63, 3.8) is 0 Å². The lowest BCUT2D eigenvalue weighted by Crippen LogP contribution is -2.28. The second kappa shape index (κ2) is 6.07. The minimum absolute atomic E-state index is 0.0193. The first-order chi connectivity index (χ1) is 9.47. The number of halogens is 2. The van der Waals surface area contributed by atoms with E-state index in [2.05, 4.69) is 5.32 Å². The number of hydrogen-bond acceptors (Lipinski definition) is 3. The number of nitrogens with one attached hydrogen (secondary N) is 1. The number of aliphatic hydroxyl groups excluding tert-OH is 1. The lowest BCUT2D eigenvalue weighted by Gasteiger charge is -2.10. The van der Waals surface area contributed by atoms with Crippen LogP contribution in [0.1, 0.15) is 28.0 Å². The zero-order valence-electron chi connectivity index (χ0n) is 10.7. The van der Waals surface area contributed by atoms with Crippen LogP contribution in [0.25, 0.3) is 0 Å². The largest absolute Gasteiger partial charge is 0.464 e. The van der Waals surface area contributed by atoms with E-state index in [9.17, 15) is 14.3 Å². The van der Waals surface area contributed by atoms with Crippen molar-refractivity contribution in [3.8, 4) is 0 Å². The van der Waals surface area contributed by atoms with Crippen LogP contribution < -0.4 is 5.32 Å². The summed E-state index contributed by atoms with van der Waals surface area (Å²) in [4.78, 5) is 11.9. The minimum atomic E-state index is -0.952. The highest BCUT2D eigenvalue weighted by Gasteiger charge is 2.15. The van der Waals surface area contributed by atoms with Gasteiger partial charge in [0.2, 0.25) is 0 Å². The minimum Gasteiger partial charge on any atom is -0.464 e. The van der Waals surface area contributed by atoms with Crippen molar-refractivity contribution in [1.82, 2.24) is 5.32 Å². The zero-order valence-corrected chi connectivity index (χ0v) is 11.4. The highest BCUT2D eigenvalue weighted by atomic mass is 35.5. The molecule has 2 aromatic rings. The Morgan fingerprint density at radius 2 is 2.20 bits per heavy atom. The van der Waals surface area contributed by atoms with Crippen molar-refractivity contribution in [2.75, 3.05) is 6.54 Å². The van der Waals surface area contributed by atoms with Crippen LogP contribution >= 0.6 is 11.6 Å². The summed E-state index contributed by atoms with van der Waals surface area (Å²) in [5, 5.41) is 12.4. The maximum atomic E-state index is 12.9. The summed E-state index contributed by atoms with van der Waals surface area (Å²) in [6.45, 7) is 1.73. The fourth-order valence-electron chi connectivity index (χ4n) is 1.69. The van der Waals surface area contributed by atoms with Gasteiger partial charge in [0.15, 0.2) is 0 Å². The Labute approximate surface area is 120 Å². The Hall–Kier alpha value is -1.85. The van der Waals surface area contributed by atoms with Crippen LogP contribution in [0.4, 0.5) is 4.39 Å². The molecule has 1 aromatic carbocycles. The maximum absolute atomic E-state index is 12.9. The third-order valence-electron chi connectivity index (χ3n) is 2.72. The fourth-order valence-corrected chi connectivity index (χ4v) is 1.94. The fraction of sp³-hybridized carbons (Fsp3) is 0.214. The summed E-state index contributed by atoms with van der Waals surface area (Å²) in [6.07, 6.45) is -0.952. The molecule has 1 unspecified atom stereocenters. The van der Waals surface area contributed by atoms with E-state index >= 15 is 0 Å². The first-order valence-electron chi connectivity index (χ1n) is 5.95. The molecule has 2 N–H and O–H groups in total. The number of carbonyl (C=O) groups excluding carboxylic acids is 1. The van der Waals surface area contributed by atoms with Gasteiger partial charge in [-0.2, -0.15) is 0 Å². The van der Waals surface area contributed by atoms with E-state index in [4.69, 9.17) is 16.0 Å². The first kappa shape index (κ1) is 14.6. The molecule has 0 aliphatic carbocycles. The highest BCUT2D eigenvalue weighted by molar-refractivity contribution is 6.33. The van der Waals surface area contributed by atoms with Crippen LogP contribution in [-0.4, -0.2) is 17.6 Å². The lowest BCUT2D eigenvalue weighted by atomic mass is 10.2. The van der Waals surface area contributed by atoms with E-state index in [0.29, 0.717) is 11.5 Å². The molecule has 1 amide bonds. The normalized spacial score (nSPS) is 12.2. The number of hydrogen-bond donors (Lipinski definition) is 2. The second-order valence-corrected chi connectivity index (χ2v) is 4.71. The number of amides is 1. The standard InChI is InChI=1S/C14H13ClFNO3/c1-8-2-5-13(20-8)12(18)7-17-14(19)10-4-3-9(16)6-11(10)15/h2-6,12,18H,7H2,1H3,(H,17,19). The van der Waals surface area contributed by atoms with Crippen LogP contribution in [0.2, 0.25) is 5.02 Å². The molecule has 0 saturated carbocycles. The number of aliphatic hydroxyl groups is 1. The Balaban J connectivity index is 1.98. The van der Waals surface area contributed by atoms with Crippen molar-refractivity contribution in [1.29, 1.82) is 0 Å². The van der Waals surface area contributed by atoms with Crippen LogP contribution in [0.3, 0.4) is 0 Å². The molecule has 0 radical (unpaired) electrons. The number of furan rings is 1. The Bertz CT molecular complexity index is 627. The van der Waals surface area contributed by atoms with Crippen LogP contribution in [0.5, 0.6) is 0 Å². The van der Waals surface area contributed by atoms with Gasteiger partial charge in [-0.05, 0) is 37.3 Å². The second-order valence-electron chi connectivity index (χ2n) is 4.30. The third-order valence-corrected chi connectivity index (χ3v) is 3.03. The first-order valence-corrected chi connectivity index (χ1v) is 6.33. The number of carbonyl (C=O) groups is 1. The van der Waals surface area contributed by atoms with Gasteiger partial charge in [-0.25, -0.2) is 4.39 Å². The van der Waals surface area contributed by atoms with Gasteiger partial charge < -0.3 is 14.8 Å². The molecule has 1 heterocycles. The Kier molecular flexibility index (Phi) is 4.42. The topological polar surface area (TPSA) is 62.5 Å². The smallest absolute Gasteiger partial charge is 0.252 e. The third kappa shape index (κ3) is 3.37. The maximum Gasteiger partial charge on any atom is 0.252 e. The summed E-state index contributed by atoms with van der Waals surface area (Å²) in [7, 11) is 0. The summed E-state index contributed by atoms with van der Waals surface area (Å²) >= 11 is 5.78. The van der Waals surface area contributed by atoms with Gasteiger partial charge in [-0.1, -0.05) is 11.6 Å². The van der Waals surface area contributed by atoms with E-state index in [0.717, 1.165) is 12.1 Å². The molecule has 0 saturated heterocycles. The molecule has 106 valence electrons. The van der Waals surface area contributed by atoms with Crippen molar-refractivity contribution in [3.05, 3.63) is 58.3 Å². The summed E-state index contributed by atoms with van der Waals surface area (Å²) < 4.78 is 18.1. The summed E-state index contributed by atoms with van der Waals surface area (Å²) in [6, 6.07) is 6.85. The summed E-state index contributed by atoms with van der Waals surface area (Å²) in [5.41, 5.74) is 0.149. The lowest BCUT2D eigenvalue weighted by molar-refractivity contribution is 0.0900. The Morgan fingerprint density at radius 3 is 2.80 bits per heavy atom. The molecule has 0 bridgehead atoms. The summed E-state index contributed by atoms with van der Waals surface area (Å²) in [5.74, 6) is 0.0370. The SMILES string of the molecule is Cc1ccc(C(O)CNC(=O)c2ccc(F)cc2Cl)o1. The van der Waals surface area contributed by atoms with Crippen LogP contribution in [0, 0.1) is 12.7 Å². The van der Waals surface area contributed by atoms with E-state index in [1.54, 1.807) is 19.1 Å². The predicted molar refractivity (Wildman–Crippen MR) is 72.1 cm³/mol. The molecule has 0 aliphatic rings. The molecular weight excluding hydrogens is 285 g/mol. The van der Waals surface area contributed by atoms with Crippen molar-refractivity contribution in [2.24, 2.45) is 0 Å². The van der Waals surface area contributed by atoms with E-state index in [1.165, 1.54) is 6.07 Å². The molecule has 4 nitrogen and oxygen atoms in total. The van der Waals surface area contributed by atoms with Crippen molar-refractivity contribution < 1.29 is 18.7 Å². The quantitative estimate of drug-likeness (QED) is 0.912. The molecule has 2 rings (SSSR count). The van der Waals surface area contributed by atoms with Gasteiger partial charge in [0, 0.05) is 0 Å². The molecule has 6 heteroatoms. The monoisotopic (exact) mass is 297 g/mol. The average Bonchev–Trinajstić information content (AvgIpc) is 2.82. The van der Waals surface area contributed by atoms with Crippen LogP contribution in [-0.2, 0) is 0 Å². The van der Waals surface area contributed by atoms with Crippen molar-refractivity contribution >= 4 is 17.5 Å². The van der Waals surface area contributed by atoms with Crippen LogP contribution in [0.15, 0.2) is 34.7 Å². The van der Waals surface area contributed by atoms with Crippen molar-refractivity contribution in [2.45, 2.75) is 13.0 Å². The van der Waals surface area contributed by atoms with Gasteiger partial charge in [0.25, 0.3) is 5.91 Å². The highest BCUT2D eigenvalue weighted by Crippen LogP contribution is 2.18. The predicted octanol–water partition coefficient (Wildman–Crippen LogP) is 2.84. The Morgan fingerprint density at radius 1 is 1.45 bits per heavy atom. The molecule has 1 atom stereocenters.